The number of aliphatic hydroxyl groups is 1. The summed E-state index contributed by atoms with van der Waals surface area (Å²) in [4.78, 5) is 23.6. The van der Waals surface area contributed by atoms with Gasteiger partial charge in [-0.05, 0) is 0 Å². The Morgan fingerprint density at radius 1 is 1.08 bits per heavy atom. The van der Waals surface area contributed by atoms with Crippen LogP contribution in [0.4, 0.5) is 27.8 Å². The number of hydrogen-bond acceptors (Lipinski definition) is 5. The van der Waals surface area contributed by atoms with Crippen LogP contribution in [-0.4, -0.2) is 34.7 Å². The second-order valence-electron chi connectivity index (χ2n) is 4.53. The first-order valence-corrected chi connectivity index (χ1v) is 6.42. The molecule has 134 valence electrons. The minimum atomic E-state index is -2.44. The van der Waals surface area contributed by atoms with Gasteiger partial charge in [-0.25, -0.2) is 22.0 Å². The summed E-state index contributed by atoms with van der Waals surface area (Å²) in [5.41, 5.74) is -1.79. The summed E-state index contributed by atoms with van der Waals surface area (Å²) in [7, 11) is 0. The van der Waals surface area contributed by atoms with E-state index in [0.717, 1.165) is 6.26 Å². The molecular weight excluding hydrogens is 357 g/mol. The second kappa shape index (κ2) is 7.25. The van der Waals surface area contributed by atoms with E-state index < -0.39 is 59.1 Å². The number of benzene rings is 1. The zero-order valence-corrected chi connectivity index (χ0v) is 11.9. The third-order valence-electron chi connectivity index (χ3n) is 2.93. The molecular formula is C13H8F5N3O4. The summed E-state index contributed by atoms with van der Waals surface area (Å²) in [5, 5.41) is 16.1. The highest BCUT2D eigenvalue weighted by atomic mass is 19.2. The van der Waals surface area contributed by atoms with Crippen LogP contribution in [0.15, 0.2) is 16.9 Å². The van der Waals surface area contributed by atoms with Crippen molar-refractivity contribution in [2.75, 3.05) is 11.9 Å². The molecule has 0 saturated heterocycles. The number of nitrogens with one attached hydrogen (secondary N) is 2. The van der Waals surface area contributed by atoms with Gasteiger partial charge in [0, 0.05) is 6.07 Å². The second-order valence-corrected chi connectivity index (χ2v) is 4.53. The molecule has 7 nitrogen and oxygen atoms in total. The first-order chi connectivity index (χ1) is 11.8. The number of hydrogen-bond donors (Lipinski definition) is 3. The zero-order valence-electron chi connectivity index (χ0n) is 11.9. The first kappa shape index (κ1) is 18.3. The Balaban J connectivity index is 2.24. The van der Waals surface area contributed by atoms with Gasteiger partial charge in [0.15, 0.2) is 29.1 Å². The molecule has 0 bridgehead atoms. The summed E-state index contributed by atoms with van der Waals surface area (Å²) in [6.45, 7) is -1.04. The van der Waals surface area contributed by atoms with Gasteiger partial charge in [0.2, 0.25) is 5.82 Å². The molecule has 0 unspecified atom stereocenters. The Bertz CT molecular complexity index is 783. The van der Waals surface area contributed by atoms with E-state index in [1.165, 1.54) is 6.07 Å². The summed E-state index contributed by atoms with van der Waals surface area (Å²) < 4.78 is 70.7. The Morgan fingerprint density at radius 2 is 1.64 bits per heavy atom. The number of aliphatic hydroxyl groups excluding tert-OH is 1. The van der Waals surface area contributed by atoms with E-state index in [1.54, 1.807) is 5.32 Å². The molecule has 25 heavy (non-hydrogen) atoms. The van der Waals surface area contributed by atoms with Crippen LogP contribution >= 0.6 is 0 Å². The predicted molar refractivity (Wildman–Crippen MR) is 69.7 cm³/mol. The summed E-state index contributed by atoms with van der Waals surface area (Å²) in [6.07, 6.45) is 1.09. The molecule has 0 spiro atoms. The van der Waals surface area contributed by atoms with Crippen molar-refractivity contribution in [1.82, 2.24) is 10.5 Å². The Morgan fingerprint density at radius 3 is 2.12 bits per heavy atom. The zero-order chi connectivity index (χ0) is 18.7. The average molecular weight is 365 g/mol. The molecule has 1 aromatic heterocycles. The maximum atomic E-state index is 13.5. The Kier molecular flexibility index (Phi) is 5.32. The van der Waals surface area contributed by atoms with E-state index in [2.05, 4.69) is 15.0 Å². The molecule has 0 aliphatic rings. The van der Waals surface area contributed by atoms with E-state index in [0.29, 0.717) is 0 Å². The highest BCUT2D eigenvalue weighted by molar-refractivity contribution is 6.01. The summed E-state index contributed by atoms with van der Waals surface area (Å²) in [5.74, 6) is -14.8. The molecule has 12 heteroatoms. The molecule has 2 amide bonds. The summed E-state index contributed by atoms with van der Waals surface area (Å²) >= 11 is 0. The van der Waals surface area contributed by atoms with Gasteiger partial charge in [0.25, 0.3) is 11.8 Å². The molecule has 2 rings (SSSR count). The lowest BCUT2D eigenvalue weighted by molar-refractivity contribution is -0.118. The van der Waals surface area contributed by atoms with Crippen molar-refractivity contribution in [3.8, 4) is 0 Å². The quantitative estimate of drug-likeness (QED) is 0.418. The maximum Gasteiger partial charge on any atom is 0.258 e. The fourth-order valence-corrected chi connectivity index (χ4v) is 1.72. The van der Waals surface area contributed by atoms with Gasteiger partial charge in [-0.3, -0.25) is 9.59 Å². The number of amides is 2. The van der Waals surface area contributed by atoms with Crippen LogP contribution in [-0.2, 0) is 4.79 Å². The molecule has 0 aliphatic heterocycles. The third kappa shape index (κ3) is 3.57. The largest absolute Gasteiger partial charge is 0.394 e. The van der Waals surface area contributed by atoms with Crippen molar-refractivity contribution >= 4 is 17.6 Å². The molecule has 3 N–H and O–H groups in total. The van der Waals surface area contributed by atoms with Gasteiger partial charge >= 0.3 is 0 Å². The fraction of sp³-hybridized carbons (Fsp3) is 0.154. The van der Waals surface area contributed by atoms with Gasteiger partial charge in [0.1, 0.15) is 17.9 Å². The lowest BCUT2D eigenvalue weighted by Crippen LogP contribution is -2.46. The minimum absolute atomic E-state index is 0.103. The topological polar surface area (TPSA) is 104 Å². The van der Waals surface area contributed by atoms with E-state index in [-0.39, 0.29) is 5.82 Å². The Hall–Kier alpha value is -3.02. The highest BCUT2D eigenvalue weighted by Crippen LogP contribution is 2.23. The molecule has 1 atom stereocenters. The number of carbonyl (C=O) groups is 2. The fourth-order valence-electron chi connectivity index (χ4n) is 1.72. The van der Waals surface area contributed by atoms with Crippen molar-refractivity contribution in [3.05, 3.63) is 47.0 Å². The van der Waals surface area contributed by atoms with E-state index in [9.17, 15) is 31.5 Å². The molecule has 1 heterocycles. The average Bonchev–Trinajstić information content (AvgIpc) is 3.09. The van der Waals surface area contributed by atoms with Crippen molar-refractivity contribution in [3.63, 3.8) is 0 Å². The van der Waals surface area contributed by atoms with Crippen LogP contribution in [0.1, 0.15) is 10.4 Å². The SMILES string of the molecule is O=C(N[C@@H](CO)C(=O)Nc1ccon1)c1c(F)c(F)c(F)c(F)c1F. The van der Waals surface area contributed by atoms with Gasteiger partial charge in [-0.2, -0.15) is 0 Å². The minimum Gasteiger partial charge on any atom is -0.394 e. The molecule has 0 saturated carbocycles. The van der Waals surface area contributed by atoms with E-state index in [1.807, 2.05) is 0 Å². The third-order valence-corrected chi connectivity index (χ3v) is 2.93. The lowest BCUT2D eigenvalue weighted by atomic mass is 10.1. The van der Waals surface area contributed by atoms with E-state index in [4.69, 9.17) is 5.11 Å². The number of rotatable bonds is 5. The van der Waals surface area contributed by atoms with Crippen LogP contribution in [0.25, 0.3) is 0 Å². The molecule has 0 aliphatic carbocycles. The van der Waals surface area contributed by atoms with Crippen molar-refractivity contribution in [1.29, 1.82) is 0 Å². The lowest BCUT2D eigenvalue weighted by Gasteiger charge is -2.16. The number of halogens is 5. The molecule has 1 aromatic carbocycles. The van der Waals surface area contributed by atoms with Crippen molar-refractivity contribution < 1.29 is 41.2 Å². The van der Waals surface area contributed by atoms with Gasteiger partial charge in [-0.1, -0.05) is 5.16 Å². The van der Waals surface area contributed by atoms with E-state index >= 15 is 0 Å². The number of carbonyl (C=O) groups excluding carboxylic acids is 2. The van der Waals surface area contributed by atoms with Gasteiger partial charge < -0.3 is 20.3 Å². The summed E-state index contributed by atoms with van der Waals surface area (Å²) in [6, 6.07) is -0.558. The number of anilines is 1. The highest BCUT2D eigenvalue weighted by Gasteiger charge is 2.31. The standard InChI is InChI=1S/C13H8F5N3O4/c14-7-6(8(15)10(17)11(18)9(7)16)13(24)19-4(3-22)12(23)20-5-1-2-25-21-5/h1-2,4,22H,3H2,(H,19,24)(H,20,21,23)/t4-/m0/s1. The van der Waals surface area contributed by atoms with Crippen LogP contribution in [0.3, 0.4) is 0 Å². The van der Waals surface area contributed by atoms with Crippen molar-refractivity contribution in [2.45, 2.75) is 6.04 Å². The van der Waals surface area contributed by atoms with Crippen LogP contribution in [0.2, 0.25) is 0 Å². The normalized spacial score (nSPS) is 11.9. The van der Waals surface area contributed by atoms with Crippen molar-refractivity contribution in [2.24, 2.45) is 0 Å². The molecule has 0 radical (unpaired) electrons. The van der Waals surface area contributed by atoms with Gasteiger partial charge in [0.05, 0.1) is 6.61 Å². The van der Waals surface area contributed by atoms with Gasteiger partial charge in [-0.15, -0.1) is 0 Å². The molecule has 2 aromatic rings. The van der Waals surface area contributed by atoms with Crippen LogP contribution in [0.5, 0.6) is 0 Å². The van der Waals surface area contributed by atoms with Crippen LogP contribution in [0, 0.1) is 29.1 Å². The first-order valence-electron chi connectivity index (χ1n) is 6.42. The smallest absolute Gasteiger partial charge is 0.258 e. The van der Waals surface area contributed by atoms with Crippen LogP contribution < -0.4 is 10.6 Å². The monoisotopic (exact) mass is 365 g/mol. The number of nitrogens with zero attached hydrogens (tertiary/aromatic N) is 1. The molecule has 0 fully saturated rings. The Labute approximate surface area is 135 Å². The predicted octanol–water partition coefficient (Wildman–Crippen LogP) is 1.10. The number of aromatic nitrogens is 1. The maximum absolute atomic E-state index is 13.5.